The highest BCUT2D eigenvalue weighted by Gasteiger charge is 2.32. The van der Waals surface area contributed by atoms with E-state index in [1.165, 1.54) is 6.92 Å². The number of sulfonamides is 1. The van der Waals surface area contributed by atoms with E-state index in [4.69, 9.17) is 10.00 Å². The van der Waals surface area contributed by atoms with Crippen LogP contribution in [-0.2, 0) is 14.8 Å². The lowest BCUT2D eigenvalue weighted by Crippen LogP contribution is -2.47. The highest BCUT2D eigenvalue weighted by Crippen LogP contribution is 2.24. The molecule has 0 amide bonds. The lowest BCUT2D eigenvalue weighted by Gasteiger charge is -2.35. The smallest absolute Gasteiger partial charge is 0.227 e. The molecule has 0 spiro atoms. The fraction of sp³-hybridized carbons (Fsp3) is 0.900. The molecule has 1 heterocycles. The lowest BCUT2D eigenvalue weighted by atomic mass is 9.95. The third-order valence-corrected chi connectivity index (χ3v) is 4.37. The van der Waals surface area contributed by atoms with Crippen molar-refractivity contribution in [2.24, 2.45) is 0 Å². The van der Waals surface area contributed by atoms with Gasteiger partial charge in [0, 0.05) is 12.6 Å². The second-order valence-corrected chi connectivity index (χ2v) is 6.76. The van der Waals surface area contributed by atoms with E-state index < -0.39 is 15.3 Å². The standard InChI is InChI=1S/C10H18N2O3S/c1-8(7-11)16(13,14)12-9-4-5-15-10(2,3)6-9/h8-9,12H,4-6H2,1-3H3. The summed E-state index contributed by atoms with van der Waals surface area (Å²) in [5.74, 6) is 0. The van der Waals surface area contributed by atoms with Gasteiger partial charge < -0.3 is 4.74 Å². The first-order valence-corrected chi connectivity index (χ1v) is 6.86. The highest BCUT2D eigenvalue weighted by atomic mass is 32.2. The molecule has 5 nitrogen and oxygen atoms in total. The topological polar surface area (TPSA) is 79.2 Å². The monoisotopic (exact) mass is 246 g/mol. The van der Waals surface area contributed by atoms with Crippen molar-refractivity contribution in [2.75, 3.05) is 6.61 Å². The fourth-order valence-electron chi connectivity index (χ4n) is 1.74. The fourth-order valence-corrected chi connectivity index (χ4v) is 2.74. The summed E-state index contributed by atoms with van der Waals surface area (Å²) in [6, 6.07) is 1.60. The van der Waals surface area contributed by atoms with Crippen LogP contribution in [0.4, 0.5) is 0 Å². The number of nitriles is 1. The zero-order chi connectivity index (χ0) is 12.4. The van der Waals surface area contributed by atoms with Crippen LogP contribution >= 0.6 is 0 Å². The first-order chi connectivity index (χ1) is 7.27. The van der Waals surface area contributed by atoms with E-state index in [9.17, 15) is 8.42 Å². The third kappa shape index (κ3) is 3.44. The molecule has 16 heavy (non-hydrogen) atoms. The van der Waals surface area contributed by atoms with E-state index in [0.29, 0.717) is 19.4 Å². The van der Waals surface area contributed by atoms with Crippen LogP contribution in [0.25, 0.3) is 0 Å². The van der Waals surface area contributed by atoms with E-state index >= 15 is 0 Å². The molecule has 1 aliphatic rings. The molecule has 0 saturated carbocycles. The van der Waals surface area contributed by atoms with Crippen LogP contribution in [0.2, 0.25) is 0 Å². The molecule has 0 aromatic carbocycles. The van der Waals surface area contributed by atoms with Crippen molar-refractivity contribution < 1.29 is 13.2 Å². The molecule has 2 unspecified atom stereocenters. The molecule has 0 radical (unpaired) electrons. The molecule has 0 aromatic heterocycles. The average molecular weight is 246 g/mol. The van der Waals surface area contributed by atoms with Crippen LogP contribution < -0.4 is 4.72 Å². The van der Waals surface area contributed by atoms with Gasteiger partial charge in [-0.15, -0.1) is 0 Å². The van der Waals surface area contributed by atoms with E-state index in [1.54, 1.807) is 6.07 Å². The molecule has 1 N–H and O–H groups in total. The summed E-state index contributed by atoms with van der Waals surface area (Å²) >= 11 is 0. The van der Waals surface area contributed by atoms with E-state index in [1.807, 2.05) is 13.8 Å². The van der Waals surface area contributed by atoms with Crippen molar-refractivity contribution in [2.45, 2.75) is 50.5 Å². The minimum atomic E-state index is -3.53. The van der Waals surface area contributed by atoms with Crippen molar-refractivity contribution in [3.05, 3.63) is 0 Å². The zero-order valence-corrected chi connectivity index (χ0v) is 10.7. The number of hydrogen-bond acceptors (Lipinski definition) is 4. The van der Waals surface area contributed by atoms with Gasteiger partial charge in [0.15, 0.2) is 5.25 Å². The summed E-state index contributed by atoms with van der Waals surface area (Å²) in [7, 11) is -3.53. The van der Waals surface area contributed by atoms with Crippen molar-refractivity contribution in [1.82, 2.24) is 4.72 Å². The normalized spacial score (nSPS) is 27.0. The average Bonchev–Trinajstić information content (AvgIpc) is 2.14. The van der Waals surface area contributed by atoms with Gasteiger partial charge in [-0.05, 0) is 33.6 Å². The summed E-state index contributed by atoms with van der Waals surface area (Å²) in [6.45, 7) is 5.79. The van der Waals surface area contributed by atoms with Crippen molar-refractivity contribution in [3.63, 3.8) is 0 Å². The Morgan fingerprint density at radius 1 is 1.56 bits per heavy atom. The summed E-state index contributed by atoms with van der Waals surface area (Å²) < 4.78 is 31.4. The Morgan fingerprint density at radius 3 is 2.69 bits per heavy atom. The molecular formula is C10H18N2O3S. The number of rotatable bonds is 3. The van der Waals surface area contributed by atoms with E-state index in [-0.39, 0.29) is 11.6 Å². The second kappa shape index (κ2) is 4.70. The minimum Gasteiger partial charge on any atom is -0.375 e. The van der Waals surface area contributed by atoms with Gasteiger partial charge in [-0.25, -0.2) is 13.1 Å². The van der Waals surface area contributed by atoms with Crippen LogP contribution in [0.5, 0.6) is 0 Å². The first-order valence-electron chi connectivity index (χ1n) is 5.31. The molecule has 0 aromatic rings. The van der Waals surface area contributed by atoms with Gasteiger partial charge in [-0.1, -0.05) is 0 Å². The van der Waals surface area contributed by atoms with Gasteiger partial charge in [0.05, 0.1) is 11.7 Å². The van der Waals surface area contributed by atoms with Gasteiger partial charge in [-0.2, -0.15) is 5.26 Å². The molecule has 0 aliphatic carbocycles. The molecule has 1 aliphatic heterocycles. The Bertz CT molecular complexity index is 383. The molecule has 0 bridgehead atoms. The van der Waals surface area contributed by atoms with Gasteiger partial charge >= 0.3 is 0 Å². The van der Waals surface area contributed by atoms with Gasteiger partial charge in [-0.3, -0.25) is 0 Å². The summed E-state index contributed by atoms with van der Waals surface area (Å²) in [5.41, 5.74) is -0.304. The molecular weight excluding hydrogens is 228 g/mol. The summed E-state index contributed by atoms with van der Waals surface area (Å²) in [6.07, 6.45) is 1.28. The SMILES string of the molecule is CC(C#N)S(=O)(=O)NC1CCOC(C)(C)C1. The maximum Gasteiger partial charge on any atom is 0.227 e. The molecule has 1 fully saturated rings. The number of nitrogens with one attached hydrogen (secondary N) is 1. The lowest BCUT2D eigenvalue weighted by molar-refractivity contribution is -0.0599. The third-order valence-electron chi connectivity index (χ3n) is 2.68. The van der Waals surface area contributed by atoms with Crippen molar-refractivity contribution in [3.8, 4) is 6.07 Å². The highest BCUT2D eigenvalue weighted by molar-refractivity contribution is 7.90. The predicted octanol–water partition coefficient (Wildman–Crippen LogP) is 0.775. The number of nitrogens with zero attached hydrogens (tertiary/aromatic N) is 1. The largest absolute Gasteiger partial charge is 0.375 e. The maximum absolute atomic E-state index is 11.7. The zero-order valence-electron chi connectivity index (χ0n) is 9.86. The minimum absolute atomic E-state index is 0.135. The second-order valence-electron chi connectivity index (χ2n) is 4.73. The number of hydrogen-bond donors (Lipinski definition) is 1. The Balaban J connectivity index is 2.65. The first kappa shape index (κ1) is 13.4. The van der Waals surface area contributed by atoms with Crippen LogP contribution in [0.15, 0.2) is 0 Å². The van der Waals surface area contributed by atoms with Crippen LogP contribution in [0.1, 0.15) is 33.6 Å². The van der Waals surface area contributed by atoms with Crippen molar-refractivity contribution in [1.29, 1.82) is 5.26 Å². The molecule has 1 saturated heterocycles. The molecule has 92 valence electrons. The van der Waals surface area contributed by atoms with Crippen LogP contribution in [0, 0.1) is 11.3 Å². The molecule has 6 heteroatoms. The number of ether oxygens (including phenoxy) is 1. The van der Waals surface area contributed by atoms with Gasteiger partial charge in [0.25, 0.3) is 0 Å². The molecule has 2 atom stereocenters. The Morgan fingerprint density at radius 2 is 2.19 bits per heavy atom. The van der Waals surface area contributed by atoms with E-state index in [0.717, 1.165) is 0 Å². The quantitative estimate of drug-likeness (QED) is 0.798. The van der Waals surface area contributed by atoms with E-state index in [2.05, 4.69) is 4.72 Å². The summed E-state index contributed by atoms with van der Waals surface area (Å²) in [4.78, 5) is 0. The van der Waals surface area contributed by atoms with Gasteiger partial charge in [0.2, 0.25) is 10.0 Å². The Kier molecular flexibility index (Phi) is 3.94. The maximum atomic E-state index is 11.7. The van der Waals surface area contributed by atoms with Crippen LogP contribution in [-0.4, -0.2) is 31.9 Å². The van der Waals surface area contributed by atoms with Crippen molar-refractivity contribution >= 4 is 10.0 Å². The Hall–Kier alpha value is -0.640. The molecule has 1 rings (SSSR count). The van der Waals surface area contributed by atoms with Crippen LogP contribution in [0.3, 0.4) is 0 Å². The Labute approximate surface area is 96.8 Å². The predicted molar refractivity (Wildman–Crippen MR) is 60.2 cm³/mol. The van der Waals surface area contributed by atoms with Gasteiger partial charge in [0.1, 0.15) is 0 Å². The summed E-state index contributed by atoms with van der Waals surface area (Å²) in [5, 5.41) is 7.59.